The maximum atomic E-state index is 13.7. The maximum absolute atomic E-state index is 13.7. The Morgan fingerprint density at radius 3 is 2.45 bits per heavy atom. The Labute approximate surface area is 131 Å². The number of thioether (sulfide) groups is 1. The molecule has 0 aliphatic carbocycles. The summed E-state index contributed by atoms with van der Waals surface area (Å²) >= 11 is 1.02. The molecular formula is C15H15FN2O3S. The molecule has 116 valence electrons. The predicted octanol–water partition coefficient (Wildman–Crippen LogP) is 2.13. The Bertz CT molecular complexity index is 613. The van der Waals surface area contributed by atoms with Crippen molar-refractivity contribution in [3.8, 4) is 0 Å². The first-order valence-corrected chi connectivity index (χ1v) is 8.09. The predicted molar refractivity (Wildman–Crippen MR) is 80.0 cm³/mol. The number of rotatable bonds is 2. The summed E-state index contributed by atoms with van der Waals surface area (Å²) in [6.45, 7) is 0.832. The van der Waals surface area contributed by atoms with Gasteiger partial charge in [-0.05, 0) is 25.0 Å². The molecule has 0 unspecified atom stereocenters. The highest BCUT2D eigenvalue weighted by molar-refractivity contribution is 8.14. The van der Waals surface area contributed by atoms with Gasteiger partial charge >= 0.3 is 0 Å². The van der Waals surface area contributed by atoms with E-state index in [0.717, 1.165) is 11.8 Å². The molecule has 5 nitrogen and oxygen atoms in total. The number of hydrogen-bond acceptors (Lipinski definition) is 4. The van der Waals surface area contributed by atoms with Gasteiger partial charge in [0.1, 0.15) is 5.82 Å². The topological polar surface area (TPSA) is 57.7 Å². The minimum absolute atomic E-state index is 0.0600. The Balaban J connectivity index is 1.65. The van der Waals surface area contributed by atoms with Crippen LogP contribution in [0.1, 0.15) is 23.2 Å². The van der Waals surface area contributed by atoms with Crippen LogP contribution in [-0.2, 0) is 4.79 Å². The molecule has 0 saturated carbocycles. The molecule has 0 atom stereocenters. The molecule has 3 amide bonds. The van der Waals surface area contributed by atoms with Crippen LogP contribution in [0.15, 0.2) is 24.3 Å². The summed E-state index contributed by atoms with van der Waals surface area (Å²) in [7, 11) is 0. The van der Waals surface area contributed by atoms with Crippen molar-refractivity contribution < 1.29 is 18.8 Å². The molecule has 1 aromatic carbocycles. The van der Waals surface area contributed by atoms with Gasteiger partial charge in [-0.1, -0.05) is 23.9 Å². The summed E-state index contributed by atoms with van der Waals surface area (Å²) in [6, 6.07) is 5.74. The van der Waals surface area contributed by atoms with Crippen LogP contribution >= 0.6 is 11.8 Å². The van der Waals surface area contributed by atoms with E-state index < -0.39 is 5.82 Å². The molecule has 2 aliphatic rings. The molecule has 1 aromatic rings. The third kappa shape index (κ3) is 2.72. The van der Waals surface area contributed by atoms with Gasteiger partial charge in [-0.25, -0.2) is 4.39 Å². The van der Waals surface area contributed by atoms with Crippen molar-refractivity contribution in [3.05, 3.63) is 35.6 Å². The average molecular weight is 322 g/mol. The van der Waals surface area contributed by atoms with Crippen LogP contribution in [-0.4, -0.2) is 51.7 Å². The molecule has 0 bridgehead atoms. The van der Waals surface area contributed by atoms with E-state index in [-0.39, 0.29) is 34.4 Å². The first-order valence-electron chi connectivity index (χ1n) is 7.10. The van der Waals surface area contributed by atoms with E-state index in [0.29, 0.717) is 25.9 Å². The number of halogens is 1. The standard InChI is InChI=1S/C15H15FN2O3S/c16-12-4-2-1-3-11(12)14(20)17-7-5-10(6-8-17)18-13(19)9-22-15(18)21/h1-4,10H,5-9H2. The summed E-state index contributed by atoms with van der Waals surface area (Å²) in [5.74, 6) is -0.831. The van der Waals surface area contributed by atoms with Crippen molar-refractivity contribution in [2.24, 2.45) is 0 Å². The Kier molecular flexibility index (Phi) is 4.15. The zero-order valence-corrected chi connectivity index (χ0v) is 12.6. The summed E-state index contributed by atoms with van der Waals surface area (Å²) in [5.41, 5.74) is 0.0600. The van der Waals surface area contributed by atoms with Gasteiger partial charge in [0.2, 0.25) is 5.91 Å². The summed E-state index contributed by atoms with van der Waals surface area (Å²) < 4.78 is 13.7. The first kappa shape index (κ1) is 15.0. The van der Waals surface area contributed by atoms with E-state index >= 15 is 0 Å². The second kappa shape index (κ2) is 6.08. The summed E-state index contributed by atoms with van der Waals surface area (Å²) in [6.07, 6.45) is 1.08. The largest absolute Gasteiger partial charge is 0.338 e. The molecular weight excluding hydrogens is 307 g/mol. The molecule has 2 aliphatic heterocycles. The number of carbonyl (C=O) groups excluding carboxylic acids is 3. The fraction of sp³-hybridized carbons (Fsp3) is 0.400. The Hall–Kier alpha value is -1.89. The fourth-order valence-electron chi connectivity index (χ4n) is 2.85. The van der Waals surface area contributed by atoms with Gasteiger partial charge in [-0.2, -0.15) is 0 Å². The van der Waals surface area contributed by atoms with Gasteiger partial charge < -0.3 is 4.90 Å². The van der Waals surface area contributed by atoms with E-state index in [1.807, 2.05) is 0 Å². The number of nitrogens with zero attached hydrogens (tertiary/aromatic N) is 2. The van der Waals surface area contributed by atoms with Crippen LogP contribution < -0.4 is 0 Å². The van der Waals surface area contributed by atoms with E-state index in [1.165, 1.54) is 17.0 Å². The van der Waals surface area contributed by atoms with Crippen LogP contribution in [0.5, 0.6) is 0 Å². The molecule has 2 fully saturated rings. The Morgan fingerprint density at radius 2 is 1.86 bits per heavy atom. The second-order valence-corrected chi connectivity index (χ2v) is 6.25. The lowest BCUT2D eigenvalue weighted by atomic mass is 10.0. The summed E-state index contributed by atoms with van der Waals surface area (Å²) in [5, 5.41) is -0.205. The van der Waals surface area contributed by atoms with Crippen LogP contribution in [0.25, 0.3) is 0 Å². The number of hydrogen-bond donors (Lipinski definition) is 0. The lowest BCUT2D eigenvalue weighted by molar-refractivity contribution is -0.126. The molecule has 2 heterocycles. The number of benzene rings is 1. The van der Waals surface area contributed by atoms with E-state index in [1.54, 1.807) is 17.0 Å². The third-order valence-electron chi connectivity index (χ3n) is 4.01. The van der Waals surface area contributed by atoms with Crippen molar-refractivity contribution in [2.45, 2.75) is 18.9 Å². The highest BCUT2D eigenvalue weighted by atomic mass is 32.2. The summed E-state index contributed by atoms with van der Waals surface area (Å²) in [4.78, 5) is 38.6. The minimum atomic E-state index is -0.532. The number of likely N-dealkylation sites (tertiary alicyclic amines) is 1. The number of imide groups is 1. The highest BCUT2D eigenvalue weighted by Gasteiger charge is 2.38. The zero-order chi connectivity index (χ0) is 15.7. The number of amides is 3. The fourth-order valence-corrected chi connectivity index (χ4v) is 3.63. The lowest BCUT2D eigenvalue weighted by Gasteiger charge is -2.35. The van der Waals surface area contributed by atoms with Gasteiger partial charge in [-0.3, -0.25) is 19.3 Å². The monoisotopic (exact) mass is 322 g/mol. The van der Waals surface area contributed by atoms with Gasteiger partial charge in [0.25, 0.3) is 11.1 Å². The number of carbonyl (C=O) groups is 3. The van der Waals surface area contributed by atoms with Gasteiger partial charge in [0.15, 0.2) is 0 Å². The molecule has 0 aromatic heterocycles. The van der Waals surface area contributed by atoms with Gasteiger partial charge in [0.05, 0.1) is 11.3 Å². The van der Waals surface area contributed by atoms with Crippen LogP contribution in [0.2, 0.25) is 0 Å². The van der Waals surface area contributed by atoms with Crippen molar-refractivity contribution in [2.75, 3.05) is 18.8 Å². The lowest BCUT2D eigenvalue weighted by Crippen LogP contribution is -2.48. The first-order chi connectivity index (χ1) is 10.6. The van der Waals surface area contributed by atoms with Crippen LogP contribution in [0, 0.1) is 5.82 Å². The van der Waals surface area contributed by atoms with Crippen LogP contribution in [0.4, 0.5) is 9.18 Å². The van der Waals surface area contributed by atoms with E-state index in [4.69, 9.17) is 0 Å². The average Bonchev–Trinajstić information content (AvgIpc) is 2.86. The van der Waals surface area contributed by atoms with Crippen molar-refractivity contribution in [3.63, 3.8) is 0 Å². The maximum Gasteiger partial charge on any atom is 0.289 e. The van der Waals surface area contributed by atoms with Crippen LogP contribution in [0.3, 0.4) is 0 Å². The molecule has 22 heavy (non-hydrogen) atoms. The second-order valence-electron chi connectivity index (χ2n) is 5.32. The molecule has 0 radical (unpaired) electrons. The minimum Gasteiger partial charge on any atom is -0.338 e. The number of piperidine rings is 1. The highest BCUT2D eigenvalue weighted by Crippen LogP contribution is 2.27. The normalized spacial score (nSPS) is 19.9. The SMILES string of the molecule is O=C(c1ccccc1F)N1CCC(N2C(=O)CSC2=O)CC1. The van der Waals surface area contributed by atoms with Crippen molar-refractivity contribution in [1.82, 2.24) is 9.80 Å². The molecule has 0 spiro atoms. The van der Waals surface area contributed by atoms with E-state index in [2.05, 4.69) is 0 Å². The van der Waals surface area contributed by atoms with Crippen molar-refractivity contribution in [1.29, 1.82) is 0 Å². The van der Waals surface area contributed by atoms with Gasteiger partial charge in [-0.15, -0.1) is 0 Å². The Morgan fingerprint density at radius 1 is 1.18 bits per heavy atom. The van der Waals surface area contributed by atoms with Crippen molar-refractivity contribution >= 4 is 28.8 Å². The molecule has 3 rings (SSSR count). The van der Waals surface area contributed by atoms with E-state index in [9.17, 15) is 18.8 Å². The molecule has 2 saturated heterocycles. The molecule has 0 N–H and O–H groups in total. The van der Waals surface area contributed by atoms with Gasteiger partial charge in [0, 0.05) is 19.1 Å². The quantitative estimate of drug-likeness (QED) is 0.837. The zero-order valence-electron chi connectivity index (χ0n) is 11.8. The molecule has 7 heteroatoms. The smallest absolute Gasteiger partial charge is 0.289 e. The third-order valence-corrected chi connectivity index (χ3v) is 4.84.